The summed E-state index contributed by atoms with van der Waals surface area (Å²) < 4.78 is 9.85. The second-order valence-corrected chi connectivity index (χ2v) is 4.29. The zero-order chi connectivity index (χ0) is 13.3. The second-order valence-electron chi connectivity index (χ2n) is 3.85. The quantitative estimate of drug-likeness (QED) is 0.603. The first-order valence-electron chi connectivity index (χ1n) is 5.30. The maximum atomic E-state index is 11.5. The molecule has 0 N–H and O–H groups in total. The van der Waals surface area contributed by atoms with Gasteiger partial charge in [-0.15, -0.1) is 11.6 Å². The monoisotopic (exact) mass is 269 g/mol. The first kappa shape index (κ1) is 12.7. The van der Waals surface area contributed by atoms with Gasteiger partial charge in [-0.2, -0.15) is 0 Å². The molecular weight excluding hydrogens is 258 g/mol. The number of likely N-dealkylation sites (N-methyl/N-ethyl adjacent to an activating group) is 1. The van der Waals surface area contributed by atoms with Crippen LogP contribution in [-0.4, -0.2) is 32.6 Å². The van der Waals surface area contributed by atoms with Crippen molar-refractivity contribution in [2.24, 2.45) is 0 Å². The van der Waals surface area contributed by atoms with Gasteiger partial charge in [-0.25, -0.2) is 0 Å². The summed E-state index contributed by atoms with van der Waals surface area (Å²) in [6.07, 6.45) is 0. The molecule has 1 heterocycles. The molecule has 1 aliphatic rings. The largest absolute Gasteiger partial charge is 0.482 e. The van der Waals surface area contributed by atoms with E-state index in [2.05, 4.69) is 4.74 Å². The highest BCUT2D eigenvalue weighted by Crippen LogP contribution is 2.35. The number of rotatable bonds is 2. The van der Waals surface area contributed by atoms with E-state index in [0.29, 0.717) is 17.0 Å². The Labute approximate surface area is 109 Å². The van der Waals surface area contributed by atoms with Gasteiger partial charge in [-0.05, 0) is 17.7 Å². The van der Waals surface area contributed by atoms with E-state index in [1.54, 1.807) is 25.2 Å². The van der Waals surface area contributed by atoms with Crippen LogP contribution in [0.3, 0.4) is 0 Å². The number of fused-ring (bicyclic) bond motifs is 1. The number of hydrogen-bond acceptors (Lipinski definition) is 4. The Morgan fingerprint density at radius 2 is 2.28 bits per heavy atom. The average molecular weight is 270 g/mol. The average Bonchev–Trinajstić information content (AvgIpc) is 2.41. The van der Waals surface area contributed by atoms with Gasteiger partial charge in [0.25, 0.3) is 5.91 Å². The molecular formula is C12H12ClNO4. The molecule has 1 aromatic carbocycles. The van der Waals surface area contributed by atoms with Crippen LogP contribution in [0.25, 0.3) is 0 Å². The fourth-order valence-corrected chi connectivity index (χ4v) is 1.91. The van der Waals surface area contributed by atoms with Crippen LogP contribution in [0, 0.1) is 0 Å². The first-order chi connectivity index (χ1) is 8.54. The van der Waals surface area contributed by atoms with Crippen molar-refractivity contribution >= 4 is 29.2 Å². The van der Waals surface area contributed by atoms with Crippen LogP contribution >= 0.6 is 11.6 Å². The van der Waals surface area contributed by atoms with Crippen molar-refractivity contribution in [3.63, 3.8) is 0 Å². The van der Waals surface area contributed by atoms with Gasteiger partial charge < -0.3 is 14.4 Å². The molecule has 0 aromatic heterocycles. The fraction of sp³-hybridized carbons (Fsp3) is 0.333. The molecule has 18 heavy (non-hydrogen) atoms. The van der Waals surface area contributed by atoms with E-state index >= 15 is 0 Å². The Morgan fingerprint density at radius 1 is 1.56 bits per heavy atom. The summed E-state index contributed by atoms with van der Waals surface area (Å²) >= 11 is 5.96. The third-order valence-electron chi connectivity index (χ3n) is 2.77. The Kier molecular flexibility index (Phi) is 3.43. The molecule has 6 heteroatoms. The van der Waals surface area contributed by atoms with E-state index < -0.39 is 11.3 Å². The van der Waals surface area contributed by atoms with Crippen molar-refractivity contribution < 1.29 is 19.1 Å². The number of carbonyl (C=O) groups is 2. The van der Waals surface area contributed by atoms with Crippen LogP contribution < -0.4 is 9.64 Å². The van der Waals surface area contributed by atoms with Crippen molar-refractivity contribution in [2.75, 3.05) is 25.7 Å². The molecule has 2 rings (SSSR count). The maximum Gasteiger partial charge on any atom is 0.328 e. The predicted octanol–water partition coefficient (Wildman–Crippen LogP) is 1.49. The summed E-state index contributed by atoms with van der Waals surface area (Å²) in [4.78, 5) is 24.3. The third kappa shape index (κ3) is 2.13. The second kappa shape index (κ2) is 4.86. The third-order valence-corrected chi connectivity index (χ3v) is 3.20. The van der Waals surface area contributed by atoms with Gasteiger partial charge in [-0.1, -0.05) is 6.07 Å². The van der Waals surface area contributed by atoms with Crippen molar-refractivity contribution in [2.45, 2.75) is 5.38 Å². The topological polar surface area (TPSA) is 55.8 Å². The molecule has 0 radical (unpaired) electrons. The minimum absolute atomic E-state index is 0.0180. The van der Waals surface area contributed by atoms with Gasteiger partial charge in [0.2, 0.25) is 0 Å². The number of carbonyl (C=O) groups excluding carboxylic acids is 2. The number of alkyl halides is 1. The smallest absolute Gasteiger partial charge is 0.328 e. The molecule has 1 amide bonds. The number of nitrogens with zero attached hydrogens (tertiary/aromatic N) is 1. The molecule has 0 saturated heterocycles. The minimum atomic E-state index is -0.897. The molecule has 0 fully saturated rings. The van der Waals surface area contributed by atoms with Crippen LogP contribution in [0.15, 0.2) is 18.2 Å². The summed E-state index contributed by atoms with van der Waals surface area (Å²) in [5.74, 6) is -0.0965. The molecule has 0 saturated carbocycles. The van der Waals surface area contributed by atoms with Gasteiger partial charge in [0, 0.05) is 7.05 Å². The normalized spacial score (nSPS) is 15.7. The number of halogens is 1. The Bertz CT molecular complexity index is 503. The number of ether oxygens (including phenoxy) is 2. The number of benzene rings is 1. The highest BCUT2D eigenvalue weighted by atomic mass is 35.5. The zero-order valence-corrected chi connectivity index (χ0v) is 10.7. The zero-order valence-electron chi connectivity index (χ0n) is 9.97. The fourth-order valence-electron chi connectivity index (χ4n) is 1.69. The van der Waals surface area contributed by atoms with Crippen molar-refractivity contribution in [1.29, 1.82) is 0 Å². The molecule has 5 nitrogen and oxygen atoms in total. The molecule has 0 bridgehead atoms. The Balaban J connectivity index is 2.37. The van der Waals surface area contributed by atoms with Crippen LogP contribution in [0.4, 0.5) is 5.69 Å². The molecule has 1 aliphatic heterocycles. The number of anilines is 1. The lowest BCUT2D eigenvalue weighted by Gasteiger charge is -2.26. The molecule has 1 aromatic rings. The van der Waals surface area contributed by atoms with E-state index in [1.165, 1.54) is 12.0 Å². The number of esters is 1. The van der Waals surface area contributed by atoms with Crippen molar-refractivity contribution in [3.05, 3.63) is 23.8 Å². The lowest BCUT2D eigenvalue weighted by Crippen LogP contribution is -2.35. The van der Waals surface area contributed by atoms with Crippen molar-refractivity contribution in [1.82, 2.24) is 0 Å². The summed E-state index contributed by atoms with van der Waals surface area (Å²) in [6, 6.07) is 5.02. The summed E-state index contributed by atoms with van der Waals surface area (Å²) in [5, 5.41) is -0.897. The highest BCUT2D eigenvalue weighted by Gasteiger charge is 2.25. The standard InChI is InChI=1S/C12H12ClNO4/c1-14-8-5-7(11(13)12(16)17-2)3-4-9(8)18-6-10(14)15/h3-5,11H,6H2,1-2H3. The predicted molar refractivity (Wildman–Crippen MR) is 66.0 cm³/mol. The maximum absolute atomic E-state index is 11.5. The highest BCUT2D eigenvalue weighted by molar-refractivity contribution is 6.30. The van der Waals surface area contributed by atoms with Crippen molar-refractivity contribution in [3.8, 4) is 5.75 Å². The van der Waals surface area contributed by atoms with Gasteiger partial charge in [0.15, 0.2) is 12.0 Å². The first-order valence-corrected chi connectivity index (χ1v) is 5.73. The molecule has 0 aliphatic carbocycles. The van der Waals surface area contributed by atoms with Crippen LogP contribution in [0.5, 0.6) is 5.75 Å². The van der Waals surface area contributed by atoms with E-state index in [0.717, 1.165) is 0 Å². The van der Waals surface area contributed by atoms with Crippen LogP contribution in [-0.2, 0) is 14.3 Å². The molecule has 96 valence electrons. The van der Waals surface area contributed by atoms with Crippen LogP contribution in [0.1, 0.15) is 10.9 Å². The Morgan fingerprint density at radius 3 is 2.94 bits per heavy atom. The SMILES string of the molecule is COC(=O)C(Cl)c1ccc2c(c1)N(C)C(=O)CO2. The van der Waals surface area contributed by atoms with Gasteiger partial charge in [-0.3, -0.25) is 9.59 Å². The van der Waals surface area contributed by atoms with E-state index in [1.807, 2.05) is 0 Å². The minimum Gasteiger partial charge on any atom is -0.482 e. The molecule has 1 atom stereocenters. The van der Waals surface area contributed by atoms with E-state index in [4.69, 9.17) is 16.3 Å². The number of hydrogen-bond donors (Lipinski definition) is 0. The molecule has 0 spiro atoms. The van der Waals surface area contributed by atoms with Gasteiger partial charge in [0.05, 0.1) is 12.8 Å². The lowest BCUT2D eigenvalue weighted by molar-refractivity contribution is -0.140. The van der Waals surface area contributed by atoms with Gasteiger partial charge in [0.1, 0.15) is 5.75 Å². The Hall–Kier alpha value is -1.75. The summed E-state index contributed by atoms with van der Waals surface area (Å²) in [5.41, 5.74) is 1.16. The lowest BCUT2D eigenvalue weighted by atomic mass is 10.1. The number of methoxy groups -OCH3 is 1. The summed E-state index contributed by atoms with van der Waals surface area (Å²) in [6.45, 7) is 0.0180. The summed E-state index contributed by atoms with van der Waals surface area (Å²) in [7, 11) is 2.92. The van der Waals surface area contributed by atoms with E-state index in [9.17, 15) is 9.59 Å². The number of amides is 1. The van der Waals surface area contributed by atoms with Gasteiger partial charge >= 0.3 is 5.97 Å². The van der Waals surface area contributed by atoms with Crippen LogP contribution in [0.2, 0.25) is 0 Å². The van der Waals surface area contributed by atoms with E-state index in [-0.39, 0.29) is 12.5 Å². The molecule has 1 unspecified atom stereocenters.